The molecule has 0 saturated carbocycles. The van der Waals surface area contributed by atoms with E-state index < -0.39 is 45.8 Å². The average Bonchev–Trinajstić information content (AvgIpc) is 2.68. The van der Waals surface area contributed by atoms with Crippen LogP contribution in [0.3, 0.4) is 0 Å². The van der Waals surface area contributed by atoms with Crippen LogP contribution < -0.4 is 0 Å². The summed E-state index contributed by atoms with van der Waals surface area (Å²) in [5.41, 5.74) is -4.37. The largest absolute Gasteiger partial charge is 0.478 e. The van der Waals surface area contributed by atoms with Gasteiger partial charge >= 0.3 is 18.3 Å². The molecule has 0 aliphatic rings. The number of ketones is 1. The smallest absolute Gasteiger partial charge is 0.417 e. The Morgan fingerprint density at radius 3 is 1.94 bits per heavy atom. The van der Waals surface area contributed by atoms with Gasteiger partial charge in [0, 0.05) is 10.6 Å². The highest BCUT2D eigenvalue weighted by molar-refractivity contribution is 6.31. The first kappa shape index (κ1) is 23.3. The number of benzene rings is 3. The number of carbonyl (C=O) groups is 2. The number of hydrogen-bond acceptors (Lipinski definition) is 2. The van der Waals surface area contributed by atoms with Crippen molar-refractivity contribution in [2.75, 3.05) is 0 Å². The summed E-state index contributed by atoms with van der Waals surface area (Å²) >= 11 is 5.59. The number of aromatic carboxylic acids is 1. The van der Waals surface area contributed by atoms with Crippen molar-refractivity contribution in [1.82, 2.24) is 0 Å². The van der Waals surface area contributed by atoms with Crippen molar-refractivity contribution < 1.29 is 41.0 Å². The number of alkyl halides is 6. The van der Waals surface area contributed by atoms with Crippen LogP contribution in [0.2, 0.25) is 5.02 Å². The van der Waals surface area contributed by atoms with Crippen LogP contribution in [0.15, 0.2) is 60.7 Å². The van der Waals surface area contributed by atoms with Crippen LogP contribution >= 0.6 is 11.6 Å². The van der Waals surface area contributed by atoms with E-state index in [0.29, 0.717) is 12.1 Å². The van der Waals surface area contributed by atoms with Crippen molar-refractivity contribution >= 4 is 39.7 Å². The lowest BCUT2D eigenvalue weighted by molar-refractivity contribution is -0.137. The molecule has 166 valence electrons. The lowest BCUT2D eigenvalue weighted by atomic mass is 9.94. The zero-order valence-corrected chi connectivity index (χ0v) is 16.4. The molecule has 10 heteroatoms. The fraction of sp³-hybridized carbons (Fsp3) is 0.0909. The Morgan fingerprint density at radius 1 is 0.844 bits per heavy atom. The highest BCUT2D eigenvalue weighted by Gasteiger charge is 2.38. The van der Waals surface area contributed by atoms with Gasteiger partial charge in [-0.1, -0.05) is 35.9 Å². The topological polar surface area (TPSA) is 54.4 Å². The van der Waals surface area contributed by atoms with Crippen LogP contribution in [0.25, 0.3) is 16.3 Å². The van der Waals surface area contributed by atoms with Crippen molar-refractivity contribution in [3.8, 4) is 0 Å². The van der Waals surface area contributed by atoms with Gasteiger partial charge in [-0.15, -0.1) is 0 Å². The first-order valence-electron chi connectivity index (χ1n) is 8.75. The standard InChI is InChI=1S/C22H11ClF6O3/c23-13-8-11(7-12(9-13)21(24,25)26)18(22(27,28)29)10-19(30)16-5-6-17(20(31)32)15-4-2-1-3-14(15)16/h1-10H,(H,31,32)/b18-10-. The van der Waals surface area contributed by atoms with Gasteiger partial charge in [-0.3, -0.25) is 4.79 Å². The molecule has 0 bridgehead atoms. The van der Waals surface area contributed by atoms with E-state index in [4.69, 9.17) is 11.6 Å². The van der Waals surface area contributed by atoms with Gasteiger partial charge in [0.2, 0.25) is 0 Å². The van der Waals surface area contributed by atoms with Crippen molar-refractivity contribution in [3.63, 3.8) is 0 Å². The average molecular weight is 473 g/mol. The second-order valence-corrected chi connectivity index (χ2v) is 7.09. The summed E-state index contributed by atoms with van der Waals surface area (Å²) in [5.74, 6) is -2.47. The highest BCUT2D eigenvalue weighted by Crippen LogP contribution is 2.39. The molecular weight excluding hydrogens is 462 g/mol. The fourth-order valence-electron chi connectivity index (χ4n) is 3.15. The molecule has 0 heterocycles. The number of carbonyl (C=O) groups excluding carboxylic acids is 1. The number of allylic oxidation sites excluding steroid dienone is 2. The lowest BCUT2D eigenvalue weighted by Crippen LogP contribution is -2.14. The van der Waals surface area contributed by atoms with Gasteiger partial charge in [-0.2, -0.15) is 26.3 Å². The maximum absolute atomic E-state index is 13.7. The van der Waals surface area contributed by atoms with Crippen LogP contribution in [0.4, 0.5) is 26.3 Å². The molecule has 0 amide bonds. The second-order valence-electron chi connectivity index (χ2n) is 6.66. The molecule has 0 saturated heterocycles. The minimum absolute atomic E-state index is 0.0808. The first-order chi connectivity index (χ1) is 14.8. The van der Waals surface area contributed by atoms with Crippen LogP contribution in [0.1, 0.15) is 31.8 Å². The molecule has 3 rings (SSSR count). The minimum atomic E-state index is -5.18. The molecule has 0 unspecified atom stereocenters. The number of carboxylic acids is 1. The van der Waals surface area contributed by atoms with Crippen LogP contribution in [-0.4, -0.2) is 23.0 Å². The van der Waals surface area contributed by atoms with Gasteiger partial charge in [0.05, 0.1) is 16.7 Å². The third-order valence-corrected chi connectivity index (χ3v) is 4.76. The molecule has 0 atom stereocenters. The second kappa shape index (κ2) is 8.31. The summed E-state index contributed by atoms with van der Waals surface area (Å²) in [6.07, 6.45) is -9.96. The molecule has 3 aromatic carbocycles. The predicted octanol–water partition coefficient (Wildman–Crippen LogP) is 7.04. The SMILES string of the molecule is O=C(O)c1ccc(C(=O)/C=C(/c2cc(Cl)cc(C(F)(F)F)c2)C(F)(F)F)c2ccccc12. The summed E-state index contributed by atoms with van der Waals surface area (Å²) < 4.78 is 80.2. The molecule has 0 spiro atoms. The molecule has 3 aromatic rings. The Bertz CT molecular complexity index is 1260. The first-order valence-corrected chi connectivity index (χ1v) is 9.13. The van der Waals surface area contributed by atoms with Crippen LogP contribution in [-0.2, 0) is 6.18 Å². The lowest BCUT2D eigenvalue weighted by Gasteiger charge is -2.15. The fourth-order valence-corrected chi connectivity index (χ4v) is 3.38. The van der Waals surface area contributed by atoms with Gasteiger partial charge in [0.15, 0.2) is 5.78 Å². The molecule has 1 N–H and O–H groups in total. The van der Waals surface area contributed by atoms with Crippen molar-refractivity contribution in [3.05, 3.63) is 87.9 Å². The summed E-state index contributed by atoms with van der Waals surface area (Å²) in [6, 6.07) is 9.22. The maximum atomic E-state index is 13.7. The third kappa shape index (κ3) is 4.77. The molecule has 32 heavy (non-hydrogen) atoms. The number of rotatable bonds is 4. The Morgan fingerprint density at radius 2 is 1.41 bits per heavy atom. The third-order valence-electron chi connectivity index (χ3n) is 4.54. The van der Waals surface area contributed by atoms with E-state index in [2.05, 4.69) is 0 Å². The Kier molecular flexibility index (Phi) is 6.06. The minimum Gasteiger partial charge on any atom is -0.478 e. The van der Waals surface area contributed by atoms with E-state index in [1.165, 1.54) is 24.3 Å². The summed E-state index contributed by atoms with van der Waals surface area (Å²) in [7, 11) is 0. The van der Waals surface area contributed by atoms with E-state index >= 15 is 0 Å². The van der Waals surface area contributed by atoms with E-state index in [0.717, 1.165) is 12.1 Å². The van der Waals surface area contributed by atoms with Crippen LogP contribution in [0.5, 0.6) is 0 Å². The number of fused-ring (bicyclic) bond motifs is 1. The van der Waals surface area contributed by atoms with Crippen molar-refractivity contribution in [2.45, 2.75) is 12.4 Å². The van der Waals surface area contributed by atoms with E-state index in [-0.39, 0.29) is 34.0 Å². The molecule has 3 nitrogen and oxygen atoms in total. The Balaban J connectivity index is 2.20. The van der Waals surface area contributed by atoms with Crippen molar-refractivity contribution in [1.29, 1.82) is 0 Å². The monoisotopic (exact) mass is 472 g/mol. The Labute approximate surface area is 181 Å². The van der Waals surface area contributed by atoms with Crippen molar-refractivity contribution in [2.24, 2.45) is 0 Å². The summed E-state index contributed by atoms with van der Waals surface area (Å²) in [6.45, 7) is 0. The molecule has 0 aliphatic carbocycles. The maximum Gasteiger partial charge on any atom is 0.417 e. The summed E-state index contributed by atoms with van der Waals surface area (Å²) in [5, 5.41) is 8.89. The molecule has 0 aromatic heterocycles. The zero-order chi connectivity index (χ0) is 23.8. The van der Waals surface area contributed by atoms with Gasteiger partial charge in [-0.25, -0.2) is 4.79 Å². The summed E-state index contributed by atoms with van der Waals surface area (Å²) in [4.78, 5) is 24.1. The predicted molar refractivity (Wildman–Crippen MR) is 106 cm³/mol. The van der Waals surface area contributed by atoms with Gasteiger partial charge < -0.3 is 5.11 Å². The number of carboxylic acid groups (broad SMARTS) is 1. The molecule has 0 aliphatic heterocycles. The van der Waals surface area contributed by atoms with Gasteiger partial charge in [-0.05, 0) is 52.7 Å². The van der Waals surface area contributed by atoms with Crippen LogP contribution in [0, 0.1) is 0 Å². The molecule has 0 radical (unpaired) electrons. The number of hydrogen-bond donors (Lipinski definition) is 1. The van der Waals surface area contributed by atoms with E-state index in [9.17, 15) is 41.0 Å². The normalized spacial score (nSPS) is 12.8. The molecule has 0 fully saturated rings. The molecular formula is C22H11ClF6O3. The Hall–Kier alpha value is -3.33. The highest BCUT2D eigenvalue weighted by atomic mass is 35.5. The number of halogens is 7. The zero-order valence-electron chi connectivity index (χ0n) is 15.7. The van der Waals surface area contributed by atoms with E-state index in [1.54, 1.807) is 0 Å². The van der Waals surface area contributed by atoms with Gasteiger partial charge in [0.1, 0.15) is 0 Å². The van der Waals surface area contributed by atoms with Gasteiger partial charge in [0.25, 0.3) is 0 Å². The quantitative estimate of drug-likeness (QED) is 0.252. The van der Waals surface area contributed by atoms with E-state index in [1.807, 2.05) is 0 Å².